The van der Waals surface area contributed by atoms with Crippen molar-refractivity contribution in [3.05, 3.63) is 83.4 Å². The van der Waals surface area contributed by atoms with E-state index in [4.69, 9.17) is 0 Å². The number of benzene rings is 2. The molecule has 1 amide bonds. The van der Waals surface area contributed by atoms with Crippen LogP contribution in [0.4, 0.5) is 22.0 Å². The van der Waals surface area contributed by atoms with Gasteiger partial charge >= 0.3 is 6.36 Å². The van der Waals surface area contributed by atoms with E-state index < -0.39 is 18.0 Å². The number of ether oxygens (including phenoxy) is 1. The average molecular weight is 521 g/mol. The van der Waals surface area contributed by atoms with Crippen molar-refractivity contribution in [1.82, 2.24) is 19.4 Å². The first-order valence-corrected chi connectivity index (χ1v) is 11.8. The summed E-state index contributed by atoms with van der Waals surface area (Å²) in [5.41, 5.74) is 1.33. The zero-order chi connectivity index (χ0) is 26.3. The molecular weight excluding hydrogens is 495 g/mol. The minimum absolute atomic E-state index is 0.104. The van der Waals surface area contributed by atoms with Gasteiger partial charge in [0.1, 0.15) is 23.1 Å². The van der Waals surface area contributed by atoms with Gasteiger partial charge in [0.25, 0.3) is 5.91 Å². The summed E-state index contributed by atoms with van der Waals surface area (Å²) < 4.78 is 70.8. The molecule has 2 fully saturated rings. The molecule has 1 aliphatic carbocycles. The maximum absolute atomic E-state index is 13.5. The van der Waals surface area contributed by atoms with Crippen molar-refractivity contribution in [2.45, 2.75) is 19.5 Å². The summed E-state index contributed by atoms with van der Waals surface area (Å²) in [6.07, 6.45) is -1.69. The molecule has 11 heteroatoms. The predicted molar refractivity (Wildman–Crippen MR) is 123 cm³/mol. The fourth-order valence-corrected chi connectivity index (χ4v) is 5.32. The van der Waals surface area contributed by atoms with Gasteiger partial charge in [0.05, 0.1) is 6.33 Å². The number of alkyl halides is 3. The first-order valence-electron chi connectivity index (χ1n) is 11.8. The van der Waals surface area contributed by atoms with Crippen molar-refractivity contribution in [3.63, 3.8) is 0 Å². The van der Waals surface area contributed by atoms with E-state index in [1.54, 1.807) is 28.8 Å². The second-order valence-corrected chi connectivity index (χ2v) is 9.77. The van der Waals surface area contributed by atoms with Gasteiger partial charge in [0.15, 0.2) is 0 Å². The Balaban J connectivity index is 1.26. The van der Waals surface area contributed by atoms with Crippen molar-refractivity contribution in [2.24, 2.45) is 24.8 Å². The minimum atomic E-state index is -4.81. The van der Waals surface area contributed by atoms with Crippen LogP contribution in [0, 0.1) is 29.4 Å². The molecule has 0 N–H and O–H groups in total. The first kappa shape index (κ1) is 25.2. The number of fused-ring (bicyclic) bond motifs is 1. The molecule has 3 aromatic rings. The Bertz CT molecular complexity index is 1260. The van der Waals surface area contributed by atoms with Gasteiger partial charge in [0, 0.05) is 52.0 Å². The van der Waals surface area contributed by atoms with E-state index in [0.717, 1.165) is 19.2 Å². The Morgan fingerprint density at radius 2 is 1.78 bits per heavy atom. The van der Waals surface area contributed by atoms with E-state index in [9.17, 15) is 26.7 Å². The number of piperidine rings is 1. The molecule has 37 heavy (non-hydrogen) atoms. The summed E-state index contributed by atoms with van der Waals surface area (Å²) in [7, 11) is 1.75. The predicted octanol–water partition coefficient (Wildman–Crippen LogP) is 4.62. The molecule has 5 rings (SSSR count). The molecule has 1 aliphatic heterocycles. The Labute approximate surface area is 210 Å². The number of hydrogen-bond acceptors (Lipinski definition) is 4. The third kappa shape index (κ3) is 6.10. The van der Waals surface area contributed by atoms with Gasteiger partial charge in [-0.25, -0.2) is 13.8 Å². The fourth-order valence-electron chi connectivity index (χ4n) is 5.32. The standard InChI is InChI=1S/C26H25F5N4O2/c1-33-14-24(32-15-33)25(36)35(10-16-3-2-4-20(7-16)37-26(29,30)31)13-23-21-11-34(12-22(21)23)9-17-5-18(27)8-19(28)6-17/h2-8,14-15,21-23H,9-13H2,1H3. The fraction of sp³-hybridized carbons (Fsp3) is 0.385. The Hall–Kier alpha value is -3.47. The molecule has 0 bridgehead atoms. The molecule has 2 unspecified atom stereocenters. The van der Waals surface area contributed by atoms with Gasteiger partial charge in [0.2, 0.25) is 0 Å². The van der Waals surface area contributed by atoms with E-state index in [2.05, 4.69) is 14.6 Å². The Morgan fingerprint density at radius 3 is 2.41 bits per heavy atom. The number of imidazole rings is 1. The van der Waals surface area contributed by atoms with Gasteiger partial charge in [-0.3, -0.25) is 9.69 Å². The van der Waals surface area contributed by atoms with Crippen LogP contribution in [0.25, 0.3) is 0 Å². The summed E-state index contributed by atoms with van der Waals surface area (Å²) in [5.74, 6) is -0.976. The van der Waals surface area contributed by atoms with E-state index in [1.165, 1.54) is 36.7 Å². The van der Waals surface area contributed by atoms with Crippen LogP contribution in [-0.2, 0) is 20.1 Å². The lowest BCUT2D eigenvalue weighted by Crippen LogP contribution is -2.35. The number of hydrogen-bond donors (Lipinski definition) is 0. The lowest BCUT2D eigenvalue weighted by molar-refractivity contribution is -0.274. The van der Waals surface area contributed by atoms with Crippen molar-refractivity contribution < 1.29 is 31.5 Å². The molecule has 2 atom stereocenters. The molecule has 2 aromatic carbocycles. The van der Waals surface area contributed by atoms with E-state index in [-0.39, 0.29) is 29.8 Å². The molecule has 1 aromatic heterocycles. The Kier molecular flexibility index (Phi) is 6.65. The second-order valence-electron chi connectivity index (χ2n) is 9.77. The highest BCUT2D eigenvalue weighted by atomic mass is 19.4. The highest BCUT2D eigenvalue weighted by Gasteiger charge is 2.56. The second kappa shape index (κ2) is 9.77. The lowest BCUT2D eigenvalue weighted by Gasteiger charge is -2.25. The normalized spacial score (nSPS) is 21.1. The number of aryl methyl sites for hydroxylation is 1. The molecule has 1 saturated heterocycles. The smallest absolute Gasteiger partial charge is 0.406 e. The van der Waals surface area contributed by atoms with Crippen LogP contribution < -0.4 is 4.74 Å². The quantitative estimate of drug-likeness (QED) is 0.407. The lowest BCUT2D eigenvalue weighted by atomic mass is 10.1. The monoisotopic (exact) mass is 520 g/mol. The largest absolute Gasteiger partial charge is 0.573 e. The maximum Gasteiger partial charge on any atom is 0.573 e. The summed E-state index contributed by atoms with van der Waals surface area (Å²) >= 11 is 0. The molecule has 0 radical (unpaired) electrons. The summed E-state index contributed by atoms with van der Waals surface area (Å²) in [4.78, 5) is 21.2. The van der Waals surface area contributed by atoms with Crippen molar-refractivity contribution in [1.29, 1.82) is 0 Å². The van der Waals surface area contributed by atoms with Crippen LogP contribution in [0.3, 0.4) is 0 Å². The third-order valence-corrected chi connectivity index (χ3v) is 6.92. The van der Waals surface area contributed by atoms with Gasteiger partial charge < -0.3 is 14.2 Å². The Morgan fingerprint density at radius 1 is 1.08 bits per heavy atom. The van der Waals surface area contributed by atoms with Crippen LogP contribution in [-0.4, -0.2) is 51.3 Å². The third-order valence-electron chi connectivity index (χ3n) is 6.92. The number of nitrogens with zero attached hydrogens (tertiary/aromatic N) is 4. The van der Waals surface area contributed by atoms with E-state index in [0.29, 0.717) is 36.1 Å². The SMILES string of the molecule is Cn1cnc(C(=O)N(Cc2cccc(OC(F)(F)F)c2)CC2C3CN(Cc4cc(F)cc(F)c4)CC32)c1. The number of rotatable bonds is 8. The van der Waals surface area contributed by atoms with Crippen LogP contribution in [0.1, 0.15) is 21.6 Å². The first-order chi connectivity index (χ1) is 17.5. The molecule has 1 saturated carbocycles. The number of halogens is 5. The number of aromatic nitrogens is 2. The summed E-state index contributed by atoms with van der Waals surface area (Å²) in [6, 6.07) is 9.10. The molecule has 0 spiro atoms. The van der Waals surface area contributed by atoms with Gasteiger partial charge in [-0.05, 0) is 53.1 Å². The molecule has 196 valence electrons. The highest BCUT2D eigenvalue weighted by Crippen LogP contribution is 2.52. The van der Waals surface area contributed by atoms with Crippen LogP contribution in [0.5, 0.6) is 5.75 Å². The number of carbonyl (C=O) groups excluding carboxylic acids is 1. The van der Waals surface area contributed by atoms with Gasteiger partial charge in [-0.2, -0.15) is 0 Å². The number of amides is 1. The molecule has 2 heterocycles. The van der Waals surface area contributed by atoms with Gasteiger partial charge in [-0.1, -0.05) is 12.1 Å². The zero-order valence-corrected chi connectivity index (χ0v) is 20.0. The number of carbonyl (C=O) groups is 1. The number of likely N-dealkylation sites (tertiary alicyclic amines) is 1. The molecular formula is C26H25F5N4O2. The average Bonchev–Trinajstić information content (AvgIpc) is 3.12. The van der Waals surface area contributed by atoms with E-state index in [1.807, 2.05) is 0 Å². The zero-order valence-electron chi connectivity index (χ0n) is 20.0. The van der Waals surface area contributed by atoms with Crippen LogP contribution in [0.15, 0.2) is 55.0 Å². The van der Waals surface area contributed by atoms with Crippen molar-refractivity contribution >= 4 is 5.91 Å². The van der Waals surface area contributed by atoms with E-state index >= 15 is 0 Å². The molecule has 6 nitrogen and oxygen atoms in total. The maximum atomic E-state index is 13.5. The molecule has 2 aliphatic rings. The minimum Gasteiger partial charge on any atom is -0.406 e. The summed E-state index contributed by atoms with van der Waals surface area (Å²) in [5, 5.41) is 0. The van der Waals surface area contributed by atoms with Crippen molar-refractivity contribution in [2.75, 3.05) is 19.6 Å². The van der Waals surface area contributed by atoms with Crippen molar-refractivity contribution in [3.8, 4) is 5.75 Å². The summed E-state index contributed by atoms with van der Waals surface area (Å²) in [6.45, 7) is 2.46. The highest BCUT2D eigenvalue weighted by molar-refractivity contribution is 5.92. The van der Waals surface area contributed by atoms with Crippen LogP contribution in [0.2, 0.25) is 0 Å². The van der Waals surface area contributed by atoms with Gasteiger partial charge in [-0.15, -0.1) is 13.2 Å². The topological polar surface area (TPSA) is 50.6 Å². The van der Waals surface area contributed by atoms with Crippen LogP contribution >= 0.6 is 0 Å².